The van der Waals surface area contributed by atoms with Gasteiger partial charge in [-0.1, -0.05) is 0 Å². The molecule has 0 aromatic heterocycles. The first-order valence-electron chi connectivity index (χ1n) is 5.60. The number of nitrogens with one attached hydrogen (secondary N) is 1. The van der Waals surface area contributed by atoms with E-state index in [4.69, 9.17) is 9.47 Å². The van der Waals surface area contributed by atoms with Crippen molar-refractivity contribution in [2.45, 2.75) is 26.2 Å². The maximum atomic E-state index is 5.38. The standard InChI is InChI=1S/C11H23NO2/c1-3-14-8-6-11(4-5-11)10-12-7-9-13-2/h12H,3-10H2,1-2H3. The molecule has 1 aliphatic carbocycles. The van der Waals surface area contributed by atoms with E-state index in [-0.39, 0.29) is 0 Å². The molecule has 0 radical (unpaired) electrons. The van der Waals surface area contributed by atoms with Crippen LogP contribution in [0.4, 0.5) is 0 Å². The maximum Gasteiger partial charge on any atom is 0.0587 e. The van der Waals surface area contributed by atoms with E-state index in [0.29, 0.717) is 5.41 Å². The molecule has 0 bridgehead atoms. The third kappa shape index (κ3) is 4.40. The van der Waals surface area contributed by atoms with Gasteiger partial charge in [0, 0.05) is 33.4 Å². The summed E-state index contributed by atoms with van der Waals surface area (Å²) in [6.45, 7) is 6.71. The van der Waals surface area contributed by atoms with Crippen molar-refractivity contribution in [2.75, 3.05) is 40.0 Å². The van der Waals surface area contributed by atoms with E-state index in [2.05, 4.69) is 12.2 Å². The predicted molar refractivity (Wildman–Crippen MR) is 57.5 cm³/mol. The Kier molecular flexibility index (Phi) is 5.45. The van der Waals surface area contributed by atoms with E-state index in [9.17, 15) is 0 Å². The Bertz CT molecular complexity index is 146. The zero-order valence-corrected chi connectivity index (χ0v) is 9.47. The fourth-order valence-electron chi connectivity index (χ4n) is 1.65. The summed E-state index contributed by atoms with van der Waals surface area (Å²) in [5, 5.41) is 3.44. The lowest BCUT2D eigenvalue weighted by atomic mass is 10.0. The SMILES string of the molecule is CCOCCC1(CNCCOC)CC1. The molecular formula is C11H23NO2. The van der Waals surface area contributed by atoms with Crippen LogP contribution < -0.4 is 5.32 Å². The molecule has 0 unspecified atom stereocenters. The first kappa shape index (κ1) is 12.0. The van der Waals surface area contributed by atoms with Crippen molar-refractivity contribution in [1.82, 2.24) is 5.32 Å². The largest absolute Gasteiger partial charge is 0.383 e. The van der Waals surface area contributed by atoms with Gasteiger partial charge in [-0.2, -0.15) is 0 Å². The van der Waals surface area contributed by atoms with Gasteiger partial charge < -0.3 is 14.8 Å². The van der Waals surface area contributed by atoms with Gasteiger partial charge >= 0.3 is 0 Å². The first-order valence-corrected chi connectivity index (χ1v) is 5.60. The van der Waals surface area contributed by atoms with Crippen molar-refractivity contribution in [3.8, 4) is 0 Å². The van der Waals surface area contributed by atoms with Crippen LogP contribution in [0.3, 0.4) is 0 Å². The second-order valence-electron chi connectivity index (χ2n) is 4.12. The Morgan fingerprint density at radius 2 is 2.07 bits per heavy atom. The maximum absolute atomic E-state index is 5.38. The molecule has 0 aromatic rings. The molecule has 0 amide bonds. The average molecular weight is 201 g/mol. The van der Waals surface area contributed by atoms with Crippen molar-refractivity contribution in [3.05, 3.63) is 0 Å². The summed E-state index contributed by atoms with van der Waals surface area (Å²) in [7, 11) is 1.74. The molecule has 3 nitrogen and oxygen atoms in total. The number of hydrogen-bond acceptors (Lipinski definition) is 3. The Hall–Kier alpha value is -0.120. The summed E-state index contributed by atoms with van der Waals surface area (Å²) < 4.78 is 10.4. The van der Waals surface area contributed by atoms with Crippen LogP contribution in [0.15, 0.2) is 0 Å². The zero-order chi connectivity index (χ0) is 10.3. The molecule has 14 heavy (non-hydrogen) atoms. The highest BCUT2D eigenvalue weighted by molar-refractivity contribution is 4.94. The molecule has 84 valence electrons. The van der Waals surface area contributed by atoms with Crippen molar-refractivity contribution < 1.29 is 9.47 Å². The van der Waals surface area contributed by atoms with Crippen LogP contribution in [0.2, 0.25) is 0 Å². The molecular weight excluding hydrogens is 178 g/mol. The van der Waals surface area contributed by atoms with Gasteiger partial charge in [-0.3, -0.25) is 0 Å². The highest BCUT2D eigenvalue weighted by atomic mass is 16.5. The Morgan fingerprint density at radius 1 is 1.29 bits per heavy atom. The fraction of sp³-hybridized carbons (Fsp3) is 1.00. The summed E-state index contributed by atoms with van der Waals surface area (Å²) in [6.07, 6.45) is 3.93. The van der Waals surface area contributed by atoms with Gasteiger partial charge in [0.2, 0.25) is 0 Å². The van der Waals surface area contributed by atoms with Crippen molar-refractivity contribution >= 4 is 0 Å². The molecule has 1 rings (SSSR count). The Labute approximate surface area is 87.2 Å². The van der Waals surface area contributed by atoms with Gasteiger partial charge in [-0.15, -0.1) is 0 Å². The third-order valence-corrected chi connectivity index (χ3v) is 2.92. The van der Waals surface area contributed by atoms with Crippen LogP contribution in [-0.2, 0) is 9.47 Å². The summed E-state index contributed by atoms with van der Waals surface area (Å²) in [5.41, 5.74) is 0.558. The van der Waals surface area contributed by atoms with Crippen LogP contribution >= 0.6 is 0 Å². The summed E-state index contributed by atoms with van der Waals surface area (Å²) >= 11 is 0. The Balaban J connectivity index is 1.98. The molecule has 1 aliphatic rings. The second kappa shape index (κ2) is 6.38. The number of rotatable bonds is 9. The topological polar surface area (TPSA) is 30.5 Å². The summed E-state index contributed by atoms with van der Waals surface area (Å²) in [6, 6.07) is 0. The lowest BCUT2D eigenvalue weighted by Gasteiger charge is -2.15. The third-order valence-electron chi connectivity index (χ3n) is 2.92. The minimum atomic E-state index is 0.558. The van der Waals surface area contributed by atoms with Crippen molar-refractivity contribution in [1.29, 1.82) is 0 Å². The number of ether oxygens (including phenoxy) is 2. The van der Waals surface area contributed by atoms with Gasteiger partial charge in [0.1, 0.15) is 0 Å². The van der Waals surface area contributed by atoms with Crippen LogP contribution in [0.1, 0.15) is 26.2 Å². The molecule has 1 fully saturated rings. The van der Waals surface area contributed by atoms with E-state index in [1.807, 2.05) is 0 Å². The quantitative estimate of drug-likeness (QED) is 0.572. The molecule has 1 N–H and O–H groups in total. The second-order valence-corrected chi connectivity index (χ2v) is 4.12. The fourth-order valence-corrected chi connectivity index (χ4v) is 1.65. The van der Waals surface area contributed by atoms with Gasteiger partial charge in [-0.25, -0.2) is 0 Å². The molecule has 0 aromatic carbocycles. The summed E-state index contributed by atoms with van der Waals surface area (Å²) in [4.78, 5) is 0. The van der Waals surface area contributed by atoms with Crippen LogP contribution in [0.25, 0.3) is 0 Å². The molecule has 0 aliphatic heterocycles. The molecule has 1 saturated carbocycles. The highest BCUT2D eigenvalue weighted by Crippen LogP contribution is 2.48. The molecule has 0 atom stereocenters. The number of hydrogen-bond donors (Lipinski definition) is 1. The van der Waals surface area contributed by atoms with Gasteiger partial charge in [0.05, 0.1) is 6.61 Å². The van der Waals surface area contributed by atoms with Gasteiger partial charge in [0.25, 0.3) is 0 Å². The minimum Gasteiger partial charge on any atom is -0.383 e. The number of methoxy groups -OCH3 is 1. The minimum absolute atomic E-state index is 0.558. The summed E-state index contributed by atoms with van der Waals surface area (Å²) in [5.74, 6) is 0. The first-order chi connectivity index (χ1) is 6.83. The molecule has 3 heteroatoms. The monoisotopic (exact) mass is 201 g/mol. The normalized spacial score (nSPS) is 18.4. The smallest absolute Gasteiger partial charge is 0.0587 e. The molecule has 0 heterocycles. The molecule has 0 spiro atoms. The van der Waals surface area contributed by atoms with E-state index < -0.39 is 0 Å². The van der Waals surface area contributed by atoms with E-state index in [1.165, 1.54) is 19.3 Å². The van der Waals surface area contributed by atoms with E-state index >= 15 is 0 Å². The van der Waals surface area contributed by atoms with Crippen LogP contribution in [0, 0.1) is 5.41 Å². The lowest BCUT2D eigenvalue weighted by Crippen LogP contribution is -2.27. The van der Waals surface area contributed by atoms with E-state index in [0.717, 1.165) is 32.9 Å². The van der Waals surface area contributed by atoms with Crippen molar-refractivity contribution in [2.24, 2.45) is 5.41 Å². The average Bonchev–Trinajstić information content (AvgIpc) is 2.94. The Morgan fingerprint density at radius 3 is 2.64 bits per heavy atom. The van der Waals surface area contributed by atoms with E-state index in [1.54, 1.807) is 7.11 Å². The van der Waals surface area contributed by atoms with Gasteiger partial charge in [0.15, 0.2) is 0 Å². The lowest BCUT2D eigenvalue weighted by molar-refractivity contribution is 0.127. The van der Waals surface area contributed by atoms with Gasteiger partial charge in [-0.05, 0) is 31.6 Å². The van der Waals surface area contributed by atoms with Crippen LogP contribution in [-0.4, -0.2) is 40.0 Å². The highest BCUT2D eigenvalue weighted by Gasteiger charge is 2.41. The molecule has 0 saturated heterocycles. The predicted octanol–water partition coefficient (Wildman–Crippen LogP) is 1.43. The van der Waals surface area contributed by atoms with Crippen LogP contribution in [0.5, 0.6) is 0 Å². The zero-order valence-electron chi connectivity index (χ0n) is 9.47. The van der Waals surface area contributed by atoms with Crippen molar-refractivity contribution in [3.63, 3.8) is 0 Å².